The molecule has 98 valence electrons. The van der Waals surface area contributed by atoms with Crippen molar-refractivity contribution in [3.63, 3.8) is 0 Å². The number of aromatic nitrogens is 1. The van der Waals surface area contributed by atoms with Gasteiger partial charge in [-0.15, -0.1) is 0 Å². The third-order valence-corrected chi connectivity index (χ3v) is 3.63. The lowest BCUT2D eigenvalue weighted by Crippen LogP contribution is -1.93. The highest BCUT2D eigenvalue weighted by Gasteiger charge is 2.19. The molecular weight excluding hydrogens is 254 g/mol. The fraction of sp³-hybridized carbons (Fsp3) is 0.133. The van der Waals surface area contributed by atoms with Gasteiger partial charge >= 0.3 is 0 Å². The number of nitro benzene ring substituents is 1. The van der Waals surface area contributed by atoms with Crippen molar-refractivity contribution in [3.05, 3.63) is 51.1 Å². The van der Waals surface area contributed by atoms with E-state index >= 15 is 0 Å². The lowest BCUT2D eigenvalue weighted by Gasteiger charge is -2.03. The fourth-order valence-corrected chi connectivity index (χ4v) is 2.65. The minimum Gasteiger partial charge on any atom is -0.354 e. The Morgan fingerprint density at radius 3 is 2.70 bits per heavy atom. The van der Waals surface area contributed by atoms with E-state index in [1.165, 1.54) is 0 Å². The SMILES string of the molecule is Cc1cc([N+](=O)[O-])c(C)c2c1[nH]c1ccc(C#N)cc12. The van der Waals surface area contributed by atoms with E-state index in [1.807, 2.05) is 13.0 Å². The van der Waals surface area contributed by atoms with Crippen LogP contribution in [-0.4, -0.2) is 9.91 Å². The monoisotopic (exact) mass is 265 g/mol. The lowest BCUT2D eigenvalue weighted by atomic mass is 10.0. The molecule has 3 rings (SSSR count). The number of hydrogen-bond acceptors (Lipinski definition) is 3. The highest BCUT2D eigenvalue weighted by Crippen LogP contribution is 2.35. The summed E-state index contributed by atoms with van der Waals surface area (Å²) in [4.78, 5) is 14.0. The summed E-state index contributed by atoms with van der Waals surface area (Å²) in [6, 6.07) is 9.01. The lowest BCUT2D eigenvalue weighted by molar-refractivity contribution is -0.385. The van der Waals surface area contributed by atoms with Crippen LogP contribution in [0.3, 0.4) is 0 Å². The maximum atomic E-state index is 11.1. The maximum absolute atomic E-state index is 11.1. The average Bonchev–Trinajstić information content (AvgIpc) is 2.81. The first-order valence-electron chi connectivity index (χ1n) is 6.13. The summed E-state index contributed by atoms with van der Waals surface area (Å²) in [5.74, 6) is 0. The van der Waals surface area contributed by atoms with E-state index in [2.05, 4.69) is 11.1 Å². The number of nitriles is 1. The number of benzene rings is 2. The standard InChI is InChI=1S/C15H11N3O2/c1-8-5-13(18(19)20)9(2)14-11-6-10(7-16)3-4-12(11)17-15(8)14/h3-6,17H,1-2H3. The van der Waals surface area contributed by atoms with Crippen LogP contribution >= 0.6 is 0 Å². The van der Waals surface area contributed by atoms with Crippen LogP contribution in [0.15, 0.2) is 24.3 Å². The Kier molecular flexibility index (Phi) is 2.48. The van der Waals surface area contributed by atoms with Crippen LogP contribution in [-0.2, 0) is 0 Å². The molecule has 0 saturated carbocycles. The van der Waals surface area contributed by atoms with Crippen molar-refractivity contribution in [1.82, 2.24) is 4.98 Å². The first kappa shape index (κ1) is 12.2. The van der Waals surface area contributed by atoms with Gasteiger partial charge in [-0.1, -0.05) is 0 Å². The summed E-state index contributed by atoms with van der Waals surface area (Å²) in [6.45, 7) is 3.58. The molecule has 0 amide bonds. The molecule has 0 radical (unpaired) electrons. The summed E-state index contributed by atoms with van der Waals surface area (Å²) < 4.78 is 0. The Morgan fingerprint density at radius 1 is 1.30 bits per heavy atom. The van der Waals surface area contributed by atoms with E-state index in [-0.39, 0.29) is 10.6 Å². The molecule has 1 N–H and O–H groups in total. The molecule has 0 bridgehead atoms. The molecule has 20 heavy (non-hydrogen) atoms. The molecule has 0 fully saturated rings. The van der Waals surface area contributed by atoms with Gasteiger partial charge in [-0.05, 0) is 37.6 Å². The average molecular weight is 265 g/mol. The van der Waals surface area contributed by atoms with Gasteiger partial charge in [-0.2, -0.15) is 5.26 Å². The molecule has 1 aromatic heterocycles. The molecule has 5 nitrogen and oxygen atoms in total. The van der Waals surface area contributed by atoms with Crippen LogP contribution in [0.25, 0.3) is 21.8 Å². The molecule has 0 saturated heterocycles. The molecule has 0 atom stereocenters. The number of aromatic amines is 1. The molecule has 0 unspecified atom stereocenters. The molecule has 5 heteroatoms. The van der Waals surface area contributed by atoms with E-state index in [4.69, 9.17) is 5.26 Å². The minimum absolute atomic E-state index is 0.110. The third kappa shape index (κ3) is 1.55. The van der Waals surface area contributed by atoms with Crippen LogP contribution < -0.4 is 0 Å². The Morgan fingerprint density at radius 2 is 2.05 bits per heavy atom. The predicted octanol–water partition coefficient (Wildman–Crippen LogP) is 3.72. The highest BCUT2D eigenvalue weighted by atomic mass is 16.6. The molecule has 2 aromatic carbocycles. The van der Waals surface area contributed by atoms with Gasteiger partial charge in [-0.3, -0.25) is 10.1 Å². The zero-order valence-corrected chi connectivity index (χ0v) is 11.0. The van der Waals surface area contributed by atoms with Crippen LogP contribution in [0.1, 0.15) is 16.7 Å². The molecule has 0 aliphatic carbocycles. The number of nitrogens with one attached hydrogen (secondary N) is 1. The number of hydrogen-bond donors (Lipinski definition) is 1. The zero-order chi connectivity index (χ0) is 14.4. The molecule has 1 heterocycles. The van der Waals surface area contributed by atoms with Gasteiger partial charge in [-0.25, -0.2) is 0 Å². The fourth-order valence-electron chi connectivity index (χ4n) is 2.65. The van der Waals surface area contributed by atoms with E-state index < -0.39 is 0 Å². The number of H-pyrrole nitrogens is 1. The third-order valence-electron chi connectivity index (χ3n) is 3.63. The Balaban J connectivity index is 2.55. The largest absolute Gasteiger partial charge is 0.354 e. The van der Waals surface area contributed by atoms with Crippen LogP contribution in [0, 0.1) is 35.3 Å². The normalized spacial score (nSPS) is 10.8. The molecule has 0 aliphatic rings. The van der Waals surface area contributed by atoms with Gasteiger partial charge in [0.25, 0.3) is 5.69 Å². The van der Waals surface area contributed by atoms with Crippen molar-refractivity contribution in [2.45, 2.75) is 13.8 Å². The van der Waals surface area contributed by atoms with Crippen molar-refractivity contribution >= 4 is 27.5 Å². The number of aryl methyl sites for hydroxylation is 2. The second-order valence-electron chi connectivity index (χ2n) is 4.84. The first-order valence-corrected chi connectivity index (χ1v) is 6.13. The first-order chi connectivity index (χ1) is 9.52. The Bertz CT molecular complexity index is 916. The van der Waals surface area contributed by atoms with Crippen LogP contribution in [0.2, 0.25) is 0 Å². The van der Waals surface area contributed by atoms with Crippen molar-refractivity contribution in [2.24, 2.45) is 0 Å². The zero-order valence-electron chi connectivity index (χ0n) is 11.0. The quantitative estimate of drug-likeness (QED) is 0.537. The van der Waals surface area contributed by atoms with E-state index in [9.17, 15) is 10.1 Å². The van der Waals surface area contributed by atoms with Crippen molar-refractivity contribution in [2.75, 3.05) is 0 Å². The van der Waals surface area contributed by atoms with Crippen LogP contribution in [0.5, 0.6) is 0 Å². The summed E-state index contributed by atoms with van der Waals surface area (Å²) in [6.07, 6.45) is 0. The van der Waals surface area contributed by atoms with Gasteiger partial charge in [0, 0.05) is 27.9 Å². The second-order valence-corrected chi connectivity index (χ2v) is 4.84. The number of rotatable bonds is 1. The topological polar surface area (TPSA) is 82.7 Å². The number of fused-ring (bicyclic) bond motifs is 3. The van der Waals surface area contributed by atoms with Gasteiger partial charge in [0.1, 0.15) is 0 Å². The van der Waals surface area contributed by atoms with Gasteiger partial charge in [0.15, 0.2) is 0 Å². The Labute approximate surface area is 114 Å². The van der Waals surface area contributed by atoms with Crippen molar-refractivity contribution in [1.29, 1.82) is 5.26 Å². The Hall–Kier alpha value is -2.87. The van der Waals surface area contributed by atoms with Crippen molar-refractivity contribution < 1.29 is 4.92 Å². The molecule has 0 spiro atoms. The predicted molar refractivity (Wildman–Crippen MR) is 76.6 cm³/mol. The summed E-state index contributed by atoms with van der Waals surface area (Å²) in [5.41, 5.74) is 3.87. The molecule has 0 aliphatic heterocycles. The van der Waals surface area contributed by atoms with Crippen LogP contribution in [0.4, 0.5) is 5.69 Å². The van der Waals surface area contributed by atoms with Crippen molar-refractivity contribution in [3.8, 4) is 6.07 Å². The van der Waals surface area contributed by atoms with Gasteiger partial charge in [0.2, 0.25) is 0 Å². The van der Waals surface area contributed by atoms with Gasteiger partial charge in [0.05, 0.1) is 22.1 Å². The number of nitro groups is 1. The summed E-state index contributed by atoms with van der Waals surface area (Å²) in [7, 11) is 0. The smallest absolute Gasteiger partial charge is 0.273 e. The summed E-state index contributed by atoms with van der Waals surface area (Å²) >= 11 is 0. The van der Waals surface area contributed by atoms with Gasteiger partial charge < -0.3 is 4.98 Å². The summed E-state index contributed by atoms with van der Waals surface area (Å²) in [5, 5.41) is 21.8. The number of nitrogens with zero attached hydrogens (tertiary/aromatic N) is 2. The van der Waals surface area contributed by atoms with E-state index in [0.29, 0.717) is 11.1 Å². The highest BCUT2D eigenvalue weighted by molar-refractivity contribution is 6.11. The molecular formula is C15H11N3O2. The second kappa shape index (κ2) is 4.07. The maximum Gasteiger partial charge on any atom is 0.273 e. The van der Waals surface area contributed by atoms with E-state index in [1.54, 1.807) is 25.1 Å². The van der Waals surface area contributed by atoms with E-state index in [0.717, 1.165) is 27.4 Å². The minimum atomic E-state index is -0.366. The molecule has 3 aromatic rings.